The molecular weight excluding hydrogens is 360 g/mol. The van der Waals surface area contributed by atoms with Crippen LogP contribution < -0.4 is 4.74 Å². The van der Waals surface area contributed by atoms with E-state index in [1.54, 1.807) is 24.3 Å². The van der Waals surface area contributed by atoms with Crippen molar-refractivity contribution in [3.63, 3.8) is 0 Å². The van der Waals surface area contributed by atoms with Gasteiger partial charge in [0.25, 0.3) is 10.1 Å². The predicted molar refractivity (Wildman–Crippen MR) is 107 cm³/mol. The first-order chi connectivity index (χ1) is 13.0. The maximum Gasteiger partial charge on any atom is 0.297 e. The average molecular weight is 389 g/mol. The molecule has 0 spiro atoms. The number of aryl methyl sites for hydroxylation is 1. The number of ether oxygens (including phenoxy) is 1. The predicted octanol–water partition coefficient (Wildman–Crippen LogP) is 5.22. The molecule has 0 aliphatic heterocycles. The van der Waals surface area contributed by atoms with E-state index >= 15 is 0 Å². The summed E-state index contributed by atoms with van der Waals surface area (Å²) in [4.78, 5) is 0.230. The third-order valence-corrected chi connectivity index (χ3v) is 6.44. The molecule has 0 radical (unpaired) electrons. The van der Waals surface area contributed by atoms with Gasteiger partial charge in [0.05, 0.1) is 17.6 Å². The van der Waals surface area contributed by atoms with Crippen molar-refractivity contribution in [2.75, 3.05) is 6.61 Å². The Labute approximate surface area is 162 Å². The standard InChI is InChI=1S/C22H28O4S/c1-3-16-25-22-7-5-4-6-21(22)18-10-12-19(13-11-18)26-27(23,24)20-14-8-17(2)9-15-20/h4-9,14-15,18-19H,3,10-13,16H2,1-2H3. The first kappa shape index (κ1) is 19.9. The second-order valence-electron chi connectivity index (χ2n) is 7.22. The van der Waals surface area contributed by atoms with Crippen molar-refractivity contribution in [1.29, 1.82) is 0 Å². The van der Waals surface area contributed by atoms with E-state index in [9.17, 15) is 8.42 Å². The summed E-state index contributed by atoms with van der Waals surface area (Å²) >= 11 is 0. The van der Waals surface area contributed by atoms with Crippen LogP contribution in [0, 0.1) is 6.92 Å². The summed E-state index contributed by atoms with van der Waals surface area (Å²) in [6.45, 7) is 4.74. The van der Waals surface area contributed by atoms with E-state index in [4.69, 9.17) is 8.92 Å². The number of hydrogen-bond acceptors (Lipinski definition) is 4. The fraction of sp³-hybridized carbons (Fsp3) is 0.455. The molecule has 2 aromatic carbocycles. The normalized spacial score (nSPS) is 20.4. The van der Waals surface area contributed by atoms with E-state index in [0.29, 0.717) is 12.5 Å². The van der Waals surface area contributed by atoms with Crippen molar-refractivity contribution >= 4 is 10.1 Å². The fourth-order valence-corrected chi connectivity index (χ4v) is 4.70. The number of para-hydroxylation sites is 1. The lowest BCUT2D eigenvalue weighted by Crippen LogP contribution is -2.24. The van der Waals surface area contributed by atoms with Gasteiger partial charge in [-0.3, -0.25) is 4.18 Å². The summed E-state index contributed by atoms with van der Waals surface area (Å²) in [7, 11) is -3.70. The smallest absolute Gasteiger partial charge is 0.297 e. The van der Waals surface area contributed by atoms with Crippen molar-refractivity contribution in [3.8, 4) is 5.75 Å². The van der Waals surface area contributed by atoms with Gasteiger partial charge in [0, 0.05) is 0 Å². The van der Waals surface area contributed by atoms with Gasteiger partial charge in [-0.05, 0) is 68.7 Å². The lowest BCUT2D eigenvalue weighted by Gasteiger charge is -2.29. The molecule has 1 fully saturated rings. The maximum atomic E-state index is 12.5. The lowest BCUT2D eigenvalue weighted by molar-refractivity contribution is 0.152. The summed E-state index contributed by atoms with van der Waals surface area (Å²) in [6, 6.07) is 15.0. The van der Waals surface area contributed by atoms with Crippen molar-refractivity contribution < 1.29 is 17.3 Å². The van der Waals surface area contributed by atoms with Gasteiger partial charge in [0.1, 0.15) is 5.75 Å². The molecule has 3 rings (SSSR count). The van der Waals surface area contributed by atoms with E-state index in [0.717, 1.165) is 43.4 Å². The maximum absolute atomic E-state index is 12.5. The van der Waals surface area contributed by atoms with Crippen molar-refractivity contribution in [3.05, 3.63) is 59.7 Å². The Morgan fingerprint density at radius 3 is 2.30 bits per heavy atom. The molecule has 0 saturated heterocycles. The van der Waals surface area contributed by atoms with E-state index in [1.165, 1.54) is 5.56 Å². The molecule has 0 bridgehead atoms. The molecule has 146 valence electrons. The molecule has 1 saturated carbocycles. The average Bonchev–Trinajstić information content (AvgIpc) is 2.67. The summed E-state index contributed by atoms with van der Waals surface area (Å²) in [5.74, 6) is 1.34. The molecule has 1 aliphatic carbocycles. The molecule has 27 heavy (non-hydrogen) atoms. The van der Waals surface area contributed by atoms with Gasteiger partial charge in [-0.1, -0.05) is 42.8 Å². The van der Waals surface area contributed by atoms with Gasteiger partial charge in [-0.25, -0.2) is 0 Å². The molecule has 2 aromatic rings. The van der Waals surface area contributed by atoms with Crippen LogP contribution in [0.4, 0.5) is 0 Å². The minimum atomic E-state index is -3.70. The topological polar surface area (TPSA) is 52.6 Å². The van der Waals surface area contributed by atoms with Gasteiger partial charge in [-0.15, -0.1) is 0 Å². The number of rotatable bonds is 7. The summed E-state index contributed by atoms with van der Waals surface area (Å²) < 4.78 is 36.4. The van der Waals surface area contributed by atoms with Crippen LogP contribution in [0.5, 0.6) is 5.75 Å². The van der Waals surface area contributed by atoms with Crippen molar-refractivity contribution in [2.24, 2.45) is 0 Å². The lowest BCUT2D eigenvalue weighted by atomic mass is 9.82. The minimum absolute atomic E-state index is 0.230. The van der Waals surface area contributed by atoms with Crippen LogP contribution >= 0.6 is 0 Å². The second kappa shape index (κ2) is 8.89. The molecule has 0 unspecified atom stereocenters. The third kappa shape index (κ3) is 5.11. The van der Waals surface area contributed by atoms with Crippen LogP contribution in [-0.4, -0.2) is 21.1 Å². The Morgan fingerprint density at radius 1 is 0.963 bits per heavy atom. The summed E-state index contributed by atoms with van der Waals surface area (Å²) in [6.07, 6.45) is 4.00. The monoisotopic (exact) mass is 388 g/mol. The fourth-order valence-electron chi connectivity index (χ4n) is 3.57. The number of benzene rings is 2. The molecule has 0 amide bonds. The largest absolute Gasteiger partial charge is 0.493 e. The zero-order valence-corrected chi connectivity index (χ0v) is 16.9. The van der Waals surface area contributed by atoms with Crippen LogP contribution in [0.25, 0.3) is 0 Å². The van der Waals surface area contributed by atoms with Crippen LogP contribution in [0.2, 0.25) is 0 Å². The van der Waals surface area contributed by atoms with Gasteiger partial charge < -0.3 is 4.74 Å². The second-order valence-corrected chi connectivity index (χ2v) is 8.80. The van der Waals surface area contributed by atoms with Crippen LogP contribution in [0.3, 0.4) is 0 Å². The number of hydrogen-bond donors (Lipinski definition) is 0. The Bertz CT molecular complexity index is 835. The first-order valence-electron chi connectivity index (χ1n) is 9.71. The van der Waals surface area contributed by atoms with Crippen LogP contribution in [0.1, 0.15) is 56.1 Å². The zero-order valence-electron chi connectivity index (χ0n) is 16.1. The Kier molecular flexibility index (Phi) is 6.55. The van der Waals surface area contributed by atoms with E-state index in [2.05, 4.69) is 13.0 Å². The van der Waals surface area contributed by atoms with Gasteiger partial charge in [0.15, 0.2) is 0 Å². The molecule has 4 nitrogen and oxygen atoms in total. The first-order valence-corrected chi connectivity index (χ1v) is 11.1. The van der Waals surface area contributed by atoms with Crippen LogP contribution in [0.15, 0.2) is 53.4 Å². The third-order valence-electron chi connectivity index (χ3n) is 5.07. The van der Waals surface area contributed by atoms with Gasteiger partial charge in [0.2, 0.25) is 0 Å². The van der Waals surface area contributed by atoms with Crippen molar-refractivity contribution in [2.45, 2.75) is 62.9 Å². The highest BCUT2D eigenvalue weighted by Gasteiger charge is 2.29. The minimum Gasteiger partial charge on any atom is -0.493 e. The Morgan fingerprint density at radius 2 is 1.63 bits per heavy atom. The van der Waals surface area contributed by atoms with Crippen LogP contribution in [-0.2, 0) is 14.3 Å². The summed E-state index contributed by atoms with van der Waals surface area (Å²) in [5, 5.41) is 0. The molecular formula is C22H28O4S. The van der Waals surface area contributed by atoms with Gasteiger partial charge >= 0.3 is 0 Å². The highest BCUT2D eigenvalue weighted by Crippen LogP contribution is 2.39. The molecule has 0 aromatic heterocycles. The SMILES string of the molecule is CCCOc1ccccc1C1CCC(OS(=O)(=O)c2ccc(C)cc2)CC1. The molecule has 0 heterocycles. The zero-order chi connectivity index (χ0) is 19.3. The highest BCUT2D eigenvalue weighted by atomic mass is 32.2. The quantitative estimate of drug-likeness (QED) is 0.611. The Balaban J connectivity index is 1.62. The molecule has 5 heteroatoms. The highest BCUT2D eigenvalue weighted by molar-refractivity contribution is 7.86. The van der Waals surface area contributed by atoms with Gasteiger partial charge in [-0.2, -0.15) is 8.42 Å². The molecule has 0 atom stereocenters. The Hall–Kier alpha value is -1.85. The van der Waals surface area contributed by atoms with E-state index in [-0.39, 0.29) is 11.0 Å². The molecule has 0 N–H and O–H groups in total. The van der Waals surface area contributed by atoms with E-state index in [1.807, 2.05) is 25.1 Å². The van der Waals surface area contributed by atoms with Crippen molar-refractivity contribution in [1.82, 2.24) is 0 Å². The summed E-state index contributed by atoms with van der Waals surface area (Å²) in [5.41, 5.74) is 2.25. The van der Waals surface area contributed by atoms with E-state index < -0.39 is 10.1 Å². The molecule has 1 aliphatic rings.